The number of nitrogens with one attached hydrogen (secondary N) is 1. The van der Waals surface area contributed by atoms with Crippen LogP contribution in [-0.4, -0.2) is 38.1 Å². The van der Waals surface area contributed by atoms with E-state index in [1.165, 1.54) is 39.0 Å². The third kappa shape index (κ3) is 2.29. The maximum absolute atomic E-state index is 3.29. The molecule has 2 rings (SSSR count). The monoisotopic (exact) mass is 196 g/mol. The van der Waals surface area contributed by atoms with Gasteiger partial charge in [0.15, 0.2) is 0 Å². The molecule has 2 nitrogen and oxygen atoms in total. The first-order chi connectivity index (χ1) is 6.62. The SMILES string of the molecule is CNCC1CCN(CC2CC2(C)C)C1. The minimum atomic E-state index is 0.654. The Morgan fingerprint density at radius 1 is 1.43 bits per heavy atom. The molecular weight excluding hydrogens is 172 g/mol. The smallest absolute Gasteiger partial charge is 0.00224 e. The molecule has 14 heavy (non-hydrogen) atoms. The highest BCUT2D eigenvalue weighted by atomic mass is 15.2. The average molecular weight is 196 g/mol. The van der Waals surface area contributed by atoms with E-state index < -0.39 is 0 Å². The fraction of sp³-hybridized carbons (Fsp3) is 1.00. The predicted molar refractivity (Wildman–Crippen MR) is 60.4 cm³/mol. The first-order valence-corrected chi connectivity index (χ1v) is 5.99. The fourth-order valence-electron chi connectivity index (χ4n) is 2.73. The summed E-state index contributed by atoms with van der Waals surface area (Å²) >= 11 is 0. The summed E-state index contributed by atoms with van der Waals surface area (Å²) in [7, 11) is 2.06. The standard InChI is InChI=1S/C12H24N2/c1-12(2)6-11(12)9-14-5-4-10(8-14)7-13-3/h10-11,13H,4-9H2,1-3H3. The van der Waals surface area contributed by atoms with Crippen molar-refractivity contribution in [3.05, 3.63) is 0 Å². The van der Waals surface area contributed by atoms with Crippen molar-refractivity contribution in [2.24, 2.45) is 17.3 Å². The molecule has 1 aliphatic carbocycles. The second kappa shape index (κ2) is 3.82. The van der Waals surface area contributed by atoms with Gasteiger partial charge in [0.1, 0.15) is 0 Å². The van der Waals surface area contributed by atoms with Crippen LogP contribution in [0.4, 0.5) is 0 Å². The lowest BCUT2D eigenvalue weighted by Gasteiger charge is -2.16. The molecule has 1 saturated carbocycles. The topological polar surface area (TPSA) is 15.3 Å². The maximum atomic E-state index is 3.29. The Morgan fingerprint density at radius 2 is 2.14 bits per heavy atom. The molecule has 1 N–H and O–H groups in total. The summed E-state index contributed by atoms with van der Waals surface area (Å²) in [6, 6.07) is 0. The van der Waals surface area contributed by atoms with Crippen LogP contribution in [0.1, 0.15) is 26.7 Å². The Kier molecular flexibility index (Phi) is 2.85. The summed E-state index contributed by atoms with van der Waals surface area (Å²) in [6.45, 7) is 10.0. The normalized spacial score (nSPS) is 36.2. The van der Waals surface area contributed by atoms with E-state index in [0.29, 0.717) is 5.41 Å². The molecule has 2 atom stereocenters. The number of hydrogen-bond donors (Lipinski definition) is 1. The van der Waals surface area contributed by atoms with Gasteiger partial charge in [0.05, 0.1) is 0 Å². The first kappa shape index (κ1) is 10.4. The van der Waals surface area contributed by atoms with Crippen LogP contribution in [0.25, 0.3) is 0 Å². The molecule has 0 bridgehead atoms. The lowest BCUT2D eigenvalue weighted by Crippen LogP contribution is -2.27. The van der Waals surface area contributed by atoms with Gasteiger partial charge in [-0.05, 0) is 50.2 Å². The molecular formula is C12H24N2. The van der Waals surface area contributed by atoms with E-state index in [1.807, 2.05) is 0 Å². The van der Waals surface area contributed by atoms with Crippen LogP contribution in [0.15, 0.2) is 0 Å². The zero-order valence-corrected chi connectivity index (χ0v) is 9.84. The average Bonchev–Trinajstić information content (AvgIpc) is 2.55. The molecule has 82 valence electrons. The van der Waals surface area contributed by atoms with Crippen molar-refractivity contribution in [2.75, 3.05) is 33.2 Å². The minimum Gasteiger partial charge on any atom is -0.319 e. The summed E-state index contributed by atoms with van der Waals surface area (Å²) in [5.41, 5.74) is 0.654. The van der Waals surface area contributed by atoms with Crippen LogP contribution in [0.3, 0.4) is 0 Å². The number of nitrogens with zero attached hydrogens (tertiary/aromatic N) is 1. The second-order valence-electron chi connectivity index (χ2n) is 5.86. The third-order valence-electron chi connectivity index (χ3n) is 4.06. The largest absolute Gasteiger partial charge is 0.319 e. The van der Waals surface area contributed by atoms with Gasteiger partial charge in [-0.1, -0.05) is 13.8 Å². The van der Waals surface area contributed by atoms with Gasteiger partial charge < -0.3 is 10.2 Å². The van der Waals surface area contributed by atoms with Crippen LogP contribution >= 0.6 is 0 Å². The van der Waals surface area contributed by atoms with Crippen molar-refractivity contribution in [2.45, 2.75) is 26.7 Å². The molecule has 0 amide bonds. The van der Waals surface area contributed by atoms with Crippen LogP contribution in [0.5, 0.6) is 0 Å². The van der Waals surface area contributed by atoms with Gasteiger partial charge in [0, 0.05) is 13.1 Å². The summed E-state index contributed by atoms with van der Waals surface area (Å²) in [5, 5.41) is 3.29. The molecule has 0 aromatic carbocycles. The van der Waals surface area contributed by atoms with E-state index in [-0.39, 0.29) is 0 Å². The van der Waals surface area contributed by atoms with Gasteiger partial charge in [-0.2, -0.15) is 0 Å². The lowest BCUT2D eigenvalue weighted by atomic mass is 10.1. The summed E-state index contributed by atoms with van der Waals surface area (Å²) in [6.07, 6.45) is 2.84. The van der Waals surface area contributed by atoms with Crippen molar-refractivity contribution in [3.63, 3.8) is 0 Å². The van der Waals surface area contributed by atoms with Crippen molar-refractivity contribution >= 4 is 0 Å². The van der Waals surface area contributed by atoms with E-state index in [4.69, 9.17) is 0 Å². The van der Waals surface area contributed by atoms with Crippen LogP contribution < -0.4 is 5.32 Å². The van der Waals surface area contributed by atoms with Gasteiger partial charge in [-0.15, -0.1) is 0 Å². The molecule has 2 aliphatic rings. The Labute approximate surface area is 88.1 Å². The van der Waals surface area contributed by atoms with E-state index in [9.17, 15) is 0 Å². The Hall–Kier alpha value is -0.0800. The molecule has 2 heteroatoms. The minimum absolute atomic E-state index is 0.654. The molecule has 1 aliphatic heterocycles. The molecule has 0 aromatic rings. The van der Waals surface area contributed by atoms with Gasteiger partial charge in [-0.25, -0.2) is 0 Å². The van der Waals surface area contributed by atoms with Crippen LogP contribution in [0.2, 0.25) is 0 Å². The second-order valence-corrected chi connectivity index (χ2v) is 5.86. The van der Waals surface area contributed by atoms with E-state index in [0.717, 1.165) is 11.8 Å². The van der Waals surface area contributed by atoms with Gasteiger partial charge in [0.2, 0.25) is 0 Å². The zero-order valence-electron chi connectivity index (χ0n) is 9.84. The number of hydrogen-bond acceptors (Lipinski definition) is 2. The molecule has 0 spiro atoms. The molecule has 1 saturated heterocycles. The van der Waals surface area contributed by atoms with Crippen molar-refractivity contribution in [1.29, 1.82) is 0 Å². The predicted octanol–water partition coefficient (Wildman–Crippen LogP) is 1.57. The molecule has 1 heterocycles. The van der Waals surface area contributed by atoms with Gasteiger partial charge in [-0.3, -0.25) is 0 Å². The number of rotatable bonds is 4. The summed E-state index contributed by atoms with van der Waals surface area (Å²) in [5.74, 6) is 1.89. The Bertz CT molecular complexity index is 200. The summed E-state index contributed by atoms with van der Waals surface area (Å²) in [4.78, 5) is 2.67. The lowest BCUT2D eigenvalue weighted by molar-refractivity contribution is 0.293. The van der Waals surface area contributed by atoms with Gasteiger partial charge in [0.25, 0.3) is 0 Å². The fourth-order valence-corrected chi connectivity index (χ4v) is 2.73. The molecule has 0 radical (unpaired) electrons. The van der Waals surface area contributed by atoms with Gasteiger partial charge >= 0.3 is 0 Å². The van der Waals surface area contributed by atoms with Crippen LogP contribution in [-0.2, 0) is 0 Å². The highest BCUT2D eigenvalue weighted by Crippen LogP contribution is 2.52. The van der Waals surface area contributed by atoms with Crippen LogP contribution in [0, 0.1) is 17.3 Å². The van der Waals surface area contributed by atoms with E-state index in [2.05, 4.69) is 31.1 Å². The Morgan fingerprint density at radius 3 is 2.71 bits per heavy atom. The van der Waals surface area contributed by atoms with E-state index in [1.54, 1.807) is 0 Å². The zero-order chi connectivity index (χ0) is 10.2. The van der Waals surface area contributed by atoms with E-state index >= 15 is 0 Å². The highest BCUT2D eigenvalue weighted by Gasteiger charge is 2.46. The first-order valence-electron chi connectivity index (χ1n) is 5.99. The third-order valence-corrected chi connectivity index (χ3v) is 4.06. The molecule has 2 fully saturated rings. The molecule has 0 aromatic heterocycles. The Balaban J connectivity index is 1.69. The van der Waals surface area contributed by atoms with Crippen molar-refractivity contribution < 1.29 is 0 Å². The highest BCUT2D eigenvalue weighted by molar-refractivity contribution is 4.97. The quantitative estimate of drug-likeness (QED) is 0.734. The molecule has 2 unspecified atom stereocenters. The van der Waals surface area contributed by atoms with Crippen molar-refractivity contribution in [1.82, 2.24) is 10.2 Å². The summed E-state index contributed by atoms with van der Waals surface area (Å²) < 4.78 is 0. The van der Waals surface area contributed by atoms with Crippen molar-refractivity contribution in [3.8, 4) is 0 Å². The maximum Gasteiger partial charge on any atom is 0.00224 e. The number of likely N-dealkylation sites (tertiary alicyclic amines) is 1.